The quantitative estimate of drug-likeness (QED) is 0.507. The number of nitrogens with one attached hydrogen (secondary N) is 2. The molecule has 1 atom stereocenters. The van der Waals surface area contributed by atoms with Crippen molar-refractivity contribution in [2.75, 3.05) is 24.9 Å². The second-order valence-electron chi connectivity index (χ2n) is 7.75. The highest BCUT2D eigenvalue weighted by atomic mass is 32.1. The van der Waals surface area contributed by atoms with E-state index in [9.17, 15) is 9.18 Å². The molecule has 0 spiro atoms. The number of rotatable bonds is 8. The summed E-state index contributed by atoms with van der Waals surface area (Å²) in [5.41, 5.74) is 1.51. The lowest BCUT2D eigenvalue weighted by Crippen LogP contribution is -2.25. The molecular weight excluding hydrogens is 447 g/mol. The van der Waals surface area contributed by atoms with Crippen molar-refractivity contribution in [1.29, 1.82) is 0 Å². The van der Waals surface area contributed by atoms with Gasteiger partial charge in [-0.3, -0.25) is 10.1 Å². The van der Waals surface area contributed by atoms with Gasteiger partial charge in [0.25, 0.3) is 5.91 Å². The van der Waals surface area contributed by atoms with Crippen LogP contribution in [0.2, 0.25) is 0 Å². The number of anilines is 2. The van der Waals surface area contributed by atoms with Gasteiger partial charge in [0, 0.05) is 25.3 Å². The lowest BCUT2D eigenvalue weighted by Gasteiger charge is -2.28. The molecule has 1 aliphatic carbocycles. The summed E-state index contributed by atoms with van der Waals surface area (Å²) in [6.45, 7) is 0. The molecule has 0 radical (unpaired) electrons. The van der Waals surface area contributed by atoms with E-state index < -0.39 is 17.8 Å². The zero-order valence-corrected chi connectivity index (χ0v) is 19.1. The van der Waals surface area contributed by atoms with E-state index in [2.05, 4.69) is 31.0 Å². The predicted octanol–water partition coefficient (Wildman–Crippen LogP) is 3.94. The number of halogens is 1. The smallest absolute Gasteiger partial charge is 0.259 e. The molecule has 1 amide bonds. The van der Waals surface area contributed by atoms with E-state index in [4.69, 9.17) is 9.47 Å². The summed E-state index contributed by atoms with van der Waals surface area (Å²) in [5.74, 6) is -0.476. The molecule has 1 fully saturated rings. The Morgan fingerprint density at radius 3 is 2.61 bits per heavy atom. The Hall–Kier alpha value is -3.18. The minimum Gasteiger partial charge on any atom is -0.494 e. The van der Waals surface area contributed by atoms with Crippen LogP contribution in [0, 0.1) is 5.82 Å². The third kappa shape index (κ3) is 5.60. The van der Waals surface area contributed by atoms with Gasteiger partial charge in [-0.05, 0) is 55.5 Å². The van der Waals surface area contributed by atoms with Crippen LogP contribution in [0.3, 0.4) is 0 Å². The second-order valence-corrected chi connectivity index (χ2v) is 8.73. The van der Waals surface area contributed by atoms with Crippen molar-refractivity contribution in [2.24, 2.45) is 0 Å². The van der Waals surface area contributed by atoms with Crippen LogP contribution in [0.1, 0.15) is 49.0 Å². The van der Waals surface area contributed by atoms with E-state index in [-0.39, 0.29) is 11.8 Å². The Balaban J connectivity index is 1.32. The summed E-state index contributed by atoms with van der Waals surface area (Å²) in [5, 5.41) is 23.5. The lowest BCUT2D eigenvalue weighted by molar-refractivity contribution is -0.126. The molecule has 11 heteroatoms. The average molecular weight is 473 g/mol. The SMILES string of the molecule is COc1cc(C(OC)C(=O)Nc2nnc(N[C@H]3CC[C@@H](c4cccnn4)CC3)s2)ccc1F. The zero-order chi connectivity index (χ0) is 23.2. The number of hydrogen-bond donors (Lipinski definition) is 2. The molecular formula is C22H25FN6O3S. The summed E-state index contributed by atoms with van der Waals surface area (Å²) in [7, 11) is 2.77. The lowest BCUT2D eigenvalue weighted by atomic mass is 9.84. The molecule has 1 saturated carbocycles. The Morgan fingerprint density at radius 2 is 1.91 bits per heavy atom. The molecule has 2 aromatic heterocycles. The maximum Gasteiger partial charge on any atom is 0.259 e. The van der Waals surface area contributed by atoms with Crippen LogP contribution in [0.15, 0.2) is 36.5 Å². The van der Waals surface area contributed by atoms with Crippen LogP contribution < -0.4 is 15.4 Å². The van der Waals surface area contributed by atoms with Crippen LogP contribution in [0.25, 0.3) is 0 Å². The number of amides is 1. The fraction of sp³-hybridized carbons (Fsp3) is 0.409. The molecule has 0 aliphatic heterocycles. The summed E-state index contributed by atoms with van der Waals surface area (Å²) >= 11 is 1.26. The highest BCUT2D eigenvalue weighted by Gasteiger charge is 2.25. The molecule has 1 aliphatic rings. The van der Waals surface area contributed by atoms with Gasteiger partial charge in [-0.25, -0.2) is 4.39 Å². The van der Waals surface area contributed by atoms with Crippen molar-refractivity contribution in [3.8, 4) is 5.75 Å². The van der Waals surface area contributed by atoms with Crippen molar-refractivity contribution >= 4 is 27.5 Å². The Kier molecular flexibility index (Phi) is 7.40. The fourth-order valence-electron chi connectivity index (χ4n) is 3.98. The molecule has 1 unspecified atom stereocenters. The molecule has 0 bridgehead atoms. The van der Waals surface area contributed by atoms with Gasteiger partial charge in [0.1, 0.15) is 0 Å². The fourth-order valence-corrected chi connectivity index (χ4v) is 4.70. The Morgan fingerprint density at radius 1 is 1.12 bits per heavy atom. The molecule has 174 valence electrons. The van der Waals surface area contributed by atoms with Gasteiger partial charge in [-0.1, -0.05) is 17.4 Å². The molecule has 0 saturated heterocycles. The second kappa shape index (κ2) is 10.6. The van der Waals surface area contributed by atoms with Gasteiger partial charge in [-0.15, -0.1) is 10.2 Å². The molecule has 2 heterocycles. The first kappa shape index (κ1) is 23.0. The van der Waals surface area contributed by atoms with Gasteiger partial charge in [-0.2, -0.15) is 10.2 Å². The van der Waals surface area contributed by atoms with E-state index in [0.717, 1.165) is 31.4 Å². The number of methoxy groups -OCH3 is 2. The summed E-state index contributed by atoms with van der Waals surface area (Å²) in [6.07, 6.45) is 4.76. The monoisotopic (exact) mass is 472 g/mol. The molecule has 33 heavy (non-hydrogen) atoms. The van der Waals surface area contributed by atoms with Crippen LogP contribution >= 0.6 is 11.3 Å². The Labute approximate surface area is 194 Å². The summed E-state index contributed by atoms with van der Waals surface area (Å²) < 4.78 is 24.0. The normalized spacial score (nSPS) is 19.0. The standard InChI is InChI=1S/C22H25FN6O3S/c1-31-18-12-14(7-10-16(18)23)19(32-2)20(30)26-22-29-28-21(33-22)25-15-8-5-13(6-9-15)17-4-3-11-24-27-17/h3-4,7,10-13,15,19H,5-6,8-9H2,1-2H3,(H,25,28)(H,26,29,30)/t13-,15+,19?. The zero-order valence-electron chi connectivity index (χ0n) is 18.3. The first-order valence-corrected chi connectivity index (χ1v) is 11.4. The molecule has 2 N–H and O–H groups in total. The van der Waals surface area contributed by atoms with Crippen LogP contribution in [0.5, 0.6) is 5.75 Å². The minimum atomic E-state index is -0.948. The highest BCUT2D eigenvalue weighted by molar-refractivity contribution is 7.19. The maximum absolute atomic E-state index is 13.7. The number of carbonyl (C=O) groups is 1. The van der Waals surface area contributed by atoms with Gasteiger partial charge in [0.2, 0.25) is 10.3 Å². The average Bonchev–Trinajstić information content (AvgIpc) is 3.28. The molecule has 4 rings (SSSR count). The highest BCUT2D eigenvalue weighted by Crippen LogP contribution is 2.34. The Bertz CT molecular complexity index is 1080. The van der Waals surface area contributed by atoms with Gasteiger partial charge >= 0.3 is 0 Å². The number of benzene rings is 1. The topological polar surface area (TPSA) is 111 Å². The van der Waals surface area contributed by atoms with E-state index in [1.165, 1.54) is 43.8 Å². The summed E-state index contributed by atoms with van der Waals surface area (Å²) in [6, 6.07) is 8.39. The molecule has 3 aromatic rings. The van der Waals surface area contributed by atoms with Crippen molar-refractivity contribution in [1.82, 2.24) is 20.4 Å². The molecule has 9 nitrogen and oxygen atoms in total. The largest absolute Gasteiger partial charge is 0.494 e. The number of nitrogens with zero attached hydrogens (tertiary/aromatic N) is 4. The van der Waals surface area contributed by atoms with E-state index >= 15 is 0 Å². The summed E-state index contributed by atoms with van der Waals surface area (Å²) in [4.78, 5) is 12.7. The number of hydrogen-bond acceptors (Lipinski definition) is 9. The van der Waals surface area contributed by atoms with E-state index in [1.54, 1.807) is 6.20 Å². The van der Waals surface area contributed by atoms with Gasteiger partial charge < -0.3 is 14.8 Å². The van der Waals surface area contributed by atoms with E-state index in [1.807, 2.05) is 12.1 Å². The minimum absolute atomic E-state index is 0.0405. The third-order valence-electron chi connectivity index (χ3n) is 5.67. The number of ether oxygens (including phenoxy) is 2. The van der Waals surface area contributed by atoms with Crippen molar-refractivity contribution in [3.63, 3.8) is 0 Å². The third-order valence-corrected chi connectivity index (χ3v) is 6.44. The van der Waals surface area contributed by atoms with Gasteiger partial charge in [0.15, 0.2) is 17.7 Å². The first-order chi connectivity index (χ1) is 16.1. The van der Waals surface area contributed by atoms with Crippen LogP contribution in [-0.2, 0) is 9.53 Å². The number of carbonyl (C=O) groups excluding carboxylic acids is 1. The van der Waals surface area contributed by atoms with Crippen molar-refractivity contribution in [3.05, 3.63) is 53.6 Å². The van der Waals surface area contributed by atoms with Crippen molar-refractivity contribution < 1.29 is 18.7 Å². The number of aromatic nitrogens is 4. The maximum atomic E-state index is 13.7. The van der Waals surface area contributed by atoms with Crippen LogP contribution in [-0.4, -0.2) is 46.6 Å². The predicted molar refractivity (Wildman–Crippen MR) is 122 cm³/mol. The first-order valence-electron chi connectivity index (χ1n) is 10.6. The van der Waals surface area contributed by atoms with Gasteiger partial charge in [0.05, 0.1) is 12.8 Å². The van der Waals surface area contributed by atoms with Crippen molar-refractivity contribution in [2.45, 2.75) is 43.7 Å². The molecule has 1 aromatic carbocycles. The van der Waals surface area contributed by atoms with E-state index in [0.29, 0.717) is 21.7 Å². The van der Waals surface area contributed by atoms with Crippen LogP contribution in [0.4, 0.5) is 14.7 Å².